The van der Waals surface area contributed by atoms with Crippen LogP contribution in [0.3, 0.4) is 0 Å². The second-order valence-electron chi connectivity index (χ2n) is 5.79. The van der Waals surface area contributed by atoms with Crippen LogP contribution in [0.4, 0.5) is 6.01 Å². The molecule has 5 heteroatoms. The third-order valence-corrected chi connectivity index (χ3v) is 4.29. The van der Waals surface area contributed by atoms with Crippen molar-refractivity contribution in [3.8, 4) is 0 Å². The monoisotopic (exact) mass is 266 g/mol. The molecule has 4 unspecified atom stereocenters. The van der Waals surface area contributed by atoms with Crippen LogP contribution in [0.5, 0.6) is 0 Å². The maximum absolute atomic E-state index is 5.69. The van der Waals surface area contributed by atoms with Crippen LogP contribution in [0.15, 0.2) is 4.42 Å². The van der Waals surface area contributed by atoms with Gasteiger partial charge in [0, 0.05) is 6.04 Å². The molecule has 0 saturated heterocycles. The summed E-state index contributed by atoms with van der Waals surface area (Å²) >= 11 is 0. The fourth-order valence-corrected chi connectivity index (χ4v) is 2.64. The molecule has 2 N–H and O–H groups in total. The number of nitrogens with zero attached hydrogens (tertiary/aromatic N) is 2. The molecule has 0 bridgehead atoms. The minimum absolute atomic E-state index is 0.114. The van der Waals surface area contributed by atoms with Gasteiger partial charge in [0.15, 0.2) is 0 Å². The van der Waals surface area contributed by atoms with E-state index in [9.17, 15) is 0 Å². The Balaban J connectivity index is 1.90. The Morgan fingerprint density at radius 1 is 1.32 bits per heavy atom. The van der Waals surface area contributed by atoms with E-state index in [0.29, 0.717) is 23.9 Å². The van der Waals surface area contributed by atoms with Crippen LogP contribution in [0.2, 0.25) is 0 Å². The number of rotatable bonds is 6. The van der Waals surface area contributed by atoms with E-state index >= 15 is 0 Å². The van der Waals surface area contributed by atoms with E-state index in [1.165, 1.54) is 12.8 Å². The molecule has 4 atom stereocenters. The molecule has 5 nitrogen and oxygen atoms in total. The Morgan fingerprint density at radius 3 is 2.74 bits per heavy atom. The van der Waals surface area contributed by atoms with Crippen LogP contribution < -0.4 is 10.6 Å². The highest BCUT2D eigenvalue weighted by molar-refractivity contribution is 5.21. The van der Waals surface area contributed by atoms with E-state index in [1.54, 1.807) is 0 Å². The first-order valence-corrected chi connectivity index (χ1v) is 7.45. The Morgan fingerprint density at radius 2 is 2.11 bits per heavy atom. The molecule has 19 heavy (non-hydrogen) atoms. The molecule has 2 rings (SSSR count). The third kappa shape index (κ3) is 3.47. The van der Waals surface area contributed by atoms with E-state index in [1.807, 2.05) is 6.92 Å². The fourth-order valence-electron chi connectivity index (χ4n) is 2.64. The largest absolute Gasteiger partial charge is 0.406 e. The predicted octanol–water partition coefficient (Wildman–Crippen LogP) is 2.98. The summed E-state index contributed by atoms with van der Waals surface area (Å²) in [6.07, 6.45) is 3.55. The van der Waals surface area contributed by atoms with E-state index < -0.39 is 0 Å². The maximum Gasteiger partial charge on any atom is 0.315 e. The number of anilines is 1. The predicted molar refractivity (Wildman–Crippen MR) is 76.0 cm³/mol. The molecule has 1 aliphatic rings. The van der Waals surface area contributed by atoms with Crippen molar-refractivity contribution in [2.75, 3.05) is 11.9 Å². The Bertz CT molecular complexity index is 393. The molecular weight excluding hydrogens is 240 g/mol. The Hall–Kier alpha value is -1.10. The van der Waals surface area contributed by atoms with Gasteiger partial charge in [0.05, 0.1) is 6.04 Å². The standard InChI is InChI=1S/C14H26N4O/c1-5-8-15-11(4)13-17-18-14(19-13)16-12-7-6-9(2)10(12)3/h9-12,15H,5-8H2,1-4H3,(H,16,18). The summed E-state index contributed by atoms with van der Waals surface area (Å²) in [7, 11) is 0. The molecule has 0 spiro atoms. The molecular formula is C14H26N4O. The molecule has 0 radical (unpaired) electrons. The molecule has 1 aromatic heterocycles. The Kier molecular flexibility index (Phi) is 4.80. The normalized spacial score (nSPS) is 28.5. The van der Waals surface area contributed by atoms with Crippen molar-refractivity contribution in [2.45, 2.75) is 59.0 Å². The van der Waals surface area contributed by atoms with Gasteiger partial charge in [-0.25, -0.2) is 0 Å². The van der Waals surface area contributed by atoms with Crippen molar-refractivity contribution in [2.24, 2.45) is 11.8 Å². The molecule has 0 aromatic carbocycles. The van der Waals surface area contributed by atoms with Crippen molar-refractivity contribution in [3.63, 3.8) is 0 Å². The van der Waals surface area contributed by atoms with Gasteiger partial charge < -0.3 is 15.1 Å². The van der Waals surface area contributed by atoms with Crippen LogP contribution in [0.1, 0.15) is 58.9 Å². The first kappa shape index (κ1) is 14.3. The highest BCUT2D eigenvalue weighted by Crippen LogP contribution is 2.33. The lowest BCUT2D eigenvalue weighted by molar-refractivity contribution is 0.406. The molecule has 1 aromatic rings. The number of nitrogens with one attached hydrogen (secondary N) is 2. The summed E-state index contributed by atoms with van der Waals surface area (Å²) in [5, 5.41) is 14.9. The van der Waals surface area contributed by atoms with Crippen molar-refractivity contribution < 1.29 is 4.42 Å². The molecule has 1 saturated carbocycles. The molecule has 1 aliphatic carbocycles. The van der Waals surface area contributed by atoms with Crippen LogP contribution in [0, 0.1) is 11.8 Å². The van der Waals surface area contributed by atoms with Crippen LogP contribution in [-0.2, 0) is 0 Å². The zero-order chi connectivity index (χ0) is 13.8. The van der Waals surface area contributed by atoms with Crippen molar-refractivity contribution in [1.82, 2.24) is 15.5 Å². The zero-order valence-electron chi connectivity index (χ0n) is 12.4. The highest BCUT2D eigenvalue weighted by Gasteiger charge is 2.30. The van der Waals surface area contributed by atoms with Crippen LogP contribution in [-0.4, -0.2) is 22.8 Å². The van der Waals surface area contributed by atoms with Gasteiger partial charge in [0.2, 0.25) is 5.89 Å². The minimum atomic E-state index is 0.114. The second kappa shape index (κ2) is 6.37. The van der Waals surface area contributed by atoms with E-state index in [2.05, 4.69) is 41.6 Å². The summed E-state index contributed by atoms with van der Waals surface area (Å²) in [5.41, 5.74) is 0. The fraction of sp³-hybridized carbons (Fsp3) is 0.857. The molecule has 108 valence electrons. The van der Waals surface area contributed by atoms with Gasteiger partial charge in [-0.05, 0) is 44.6 Å². The first-order chi connectivity index (χ1) is 9.11. The van der Waals surface area contributed by atoms with Gasteiger partial charge in [0.25, 0.3) is 0 Å². The van der Waals surface area contributed by atoms with Gasteiger partial charge in [-0.2, -0.15) is 0 Å². The lowest BCUT2D eigenvalue weighted by Gasteiger charge is -2.18. The van der Waals surface area contributed by atoms with Gasteiger partial charge in [-0.1, -0.05) is 25.9 Å². The number of aromatic nitrogens is 2. The van der Waals surface area contributed by atoms with Crippen molar-refractivity contribution >= 4 is 6.01 Å². The van der Waals surface area contributed by atoms with E-state index in [4.69, 9.17) is 4.42 Å². The van der Waals surface area contributed by atoms with Gasteiger partial charge in [-0.3, -0.25) is 0 Å². The van der Waals surface area contributed by atoms with Crippen LogP contribution in [0.25, 0.3) is 0 Å². The summed E-state index contributed by atoms with van der Waals surface area (Å²) in [5.74, 6) is 2.09. The second-order valence-corrected chi connectivity index (χ2v) is 5.79. The molecule has 1 heterocycles. The first-order valence-electron chi connectivity index (χ1n) is 7.45. The maximum atomic E-state index is 5.69. The summed E-state index contributed by atoms with van der Waals surface area (Å²) in [6.45, 7) is 9.75. The minimum Gasteiger partial charge on any atom is -0.406 e. The van der Waals surface area contributed by atoms with Crippen molar-refractivity contribution in [3.05, 3.63) is 5.89 Å². The molecule has 0 aliphatic heterocycles. The number of hydrogen-bond donors (Lipinski definition) is 2. The zero-order valence-corrected chi connectivity index (χ0v) is 12.4. The van der Waals surface area contributed by atoms with E-state index in [0.717, 1.165) is 18.9 Å². The molecule has 1 fully saturated rings. The van der Waals surface area contributed by atoms with Gasteiger partial charge in [0.1, 0.15) is 0 Å². The lowest BCUT2D eigenvalue weighted by atomic mass is 9.98. The van der Waals surface area contributed by atoms with Gasteiger partial charge >= 0.3 is 6.01 Å². The van der Waals surface area contributed by atoms with Crippen LogP contribution >= 0.6 is 0 Å². The summed E-state index contributed by atoms with van der Waals surface area (Å²) in [4.78, 5) is 0. The molecule has 0 amide bonds. The van der Waals surface area contributed by atoms with Gasteiger partial charge in [-0.15, -0.1) is 5.10 Å². The average molecular weight is 266 g/mol. The average Bonchev–Trinajstić information content (AvgIpc) is 2.98. The lowest BCUT2D eigenvalue weighted by Crippen LogP contribution is -2.24. The SMILES string of the molecule is CCCNC(C)c1nnc(NC2CCC(C)C2C)o1. The topological polar surface area (TPSA) is 63.0 Å². The highest BCUT2D eigenvalue weighted by atomic mass is 16.4. The van der Waals surface area contributed by atoms with E-state index in [-0.39, 0.29) is 6.04 Å². The van der Waals surface area contributed by atoms with Crippen molar-refractivity contribution in [1.29, 1.82) is 0 Å². The third-order valence-electron chi connectivity index (χ3n) is 4.29. The quantitative estimate of drug-likeness (QED) is 0.828. The number of hydrogen-bond acceptors (Lipinski definition) is 5. The summed E-state index contributed by atoms with van der Waals surface area (Å²) < 4.78 is 5.69. The summed E-state index contributed by atoms with van der Waals surface area (Å²) in [6, 6.07) is 1.14. The smallest absolute Gasteiger partial charge is 0.315 e. The Labute approximate surface area is 115 Å².